The molecule has 1 aromatic heterocycles. The van der Waals surface area contributed by atoms with Gasteiger partial charge in [-0.25, -0.2) is 4.98 Å². The molecular weight excluding hydrogens is 274 g/mol. The van der Waals surface area contributed by atoms with E-state index in [1.54, 1.807) is 0 Å². The number of hydrogen-bond donors (Lipinski definition) is 1. The van der Waals surface area contributed by atoms with Crippen LogP contribution in [0.3, 0.4) is 0 Å². The van der Waals surface area contributed by atoms with Crippen LogP contribution in [-0.2, 0) is 0 Å². The zero-order valence-electron chi connectivity index (χ0n) is 12.2. The van der Waals surface area contributed by atoms with Gasteiger partial charge >= 0.3 is 0 Å². The third-order valence-corrected chi connectivity index (χ3v) is 3.99. The van der Waals surface area contributed by atoms with Gasteiger partial charge in [0.1, 0.15) is 18.1 Å². The number of aromatic nitrogens is 1. The third-order valence-electron chi connectivity index (χ3n) is 3.99. The van der Waals surface area contributed by atoms with Crippen LogP contribution in [0, 0.1) is 6.92 Å². The van der Waals surface area contributed by atoms with Gasteiger partial charge < -0.3 is 9.84 Å². The highest BCUT2D eigenvalue weighted by atomic mass is 16.5. The van der Waals surface area contributed by atoms with Crippen molar-refractivity contribution in [3.05, 3.63) is 77.2 Å². The Hall–Kier alpha value is -2.81. The number of benzene rings is 2. The molecule has 2 heterocycles. The van der Waals surface area contributed by atoms with Gasteiger partial charge in [-0.05, 0) is 24.6 Å². The van der Waals surface area contributed by atoms with Crippen LogP contribution in [0.15, 0.2) is 60.4 Å². The maximum Gasteiger partial charge on any atom is 0.146 e. The van der Waals surface area contributed by atoms with Crippen molar-refractivity contribution in [3.63, 3.8) is 0 Å². The zero-order chi connectivity index (χ0) is 15.1. The Labute approximate surface area is 128 Å². The van der Waals surface area contributed by atoms with E-state index in [0.717, 1.165) is 39.0 Å². The molecule has 0 saturated carbocycles. The molecule has 0 bridgehead atoms. The van der Waals surface area contributed by atoms with Crippen LogP contribution < -0.4 is 4.74 Å². The predicted octanol–water partition coefficient (Wildman–Crippen LogP) is 4.25. The van der Waals surface area contributed by atoms with Gasteiger partial charge in [0.2, 0.25) is 0 Å². The van der Waals surface area contributed by atoms with Gasteiger partial charge in [0, 0.05) is 10.9 Å². The molecular formula is C19H15NO2. The molecule has 1 aliphatic heterocycles. The van der Waals surface area contributed by atoms with Crippen LogP contribution in [0.4, 0.5) is 0 Å². The summed E-state index contributed by atoms with van der Waals surface area (Å²) >= 11 is 0. The molecule has 0 radical (unpaired) electrons. The quantitative estimate of drug-likeness (QED) is 0.728. The summed E-state index contributed by atoms with van der Waals surface area (Å²) < 4.78 is 5.56. The van der Waals surface area contributed by atoms with E-state index in [1.807, 2.05) is 61.5 Å². The van der Waals surface area contributed by atoms with E-state index in [-0.39, 0.29) is 12.4 Å². The van der Waals surface area contributed by atoms with Crippen molar-refractivity contribution < 1.29 is 9.84 Å². The van der Waals surface area contributed by atoms with Crippen molar-refractivity contribution in [2.24, 2.45) is 0 Å². The summed E-state index contributed by atoms with van der Waals surface area (Å²) in [6, 6.07) is 17.8. The Bertz CT molecular complexity index is 912. The van der Waals surface area contributed by atoms with Crippen molar-refractivity contribution in [1.82, 2.24) is 4.98 Å². The van der Waals surface area contributed by atoms with Gasteiger partial charge in [0.25, 0.3) is 0 Å². The van der Waals surface area contributed by atoms with Gasteiger partial charge in [-0.3, -0.25) is 0 Å². The molecule has 3 aromatic rings. The second-order valence-electron chi connectivity index (χ2n) is 5.45. The molecule has 0 amide bonds. The predicted molar refractivity (Wildman–Crippen MR) is 87.1 cm³/mol. The number of pyridine rings is 1. The Morgan fingerprint density at radius 3 is 2.77 bits per heavy atom. The minimum Gasteiger partial charge on any atom is -0.508 e. The van der Waals surface area contributed by atoms with Crippen molar-refractivity contribution in [2.75, 3.05) is 6.61 Å². The van der Waals surface area contributed by atoms with E-state index in [0.29, 0.717) is 0 Å². The summed E-state index contributed by atoms with van der Waals surface area (Å²) in [7, 11) is 0. The van der Waals surface area contributed by atoms with E-state index in [4.69, 9.17) is 9.72 Å². The van der Waals surface area contributed by atoms with Gasteiger partial charge in [-0.15, -0.1) is 0 Å². The fourth-order valence-corrected chi connectivity index (χ4v) is 2.89. The van der Waals surface area contributed by atoms with Crippen LogP contribution >= 0.6 is 0 Å². The maximum atomic E-state index is 10.3. The number of fused-ring (bicyclic) bond motifs is 2. The topological polar surface area (TPSA) is 42.4 Å². The second kappa shape index (κ2) is 4.88. The average Bonchev–Trinajstić information content (AvgIpc) is 2.55. The summed E-state index contributed by atoms with van der Waals surface area (Å²) in [5.74, 6) is 1.00. The maximum absolute atomic E-state index is 10.3. The molecule has 0 saturated heterocycles. The highest BCUT2D eigenvalue weighted by Gasteiger charge is 2.22. The summed E-state index contributed by atoms with van der Waals surface area (Å²) in [5, 5.41) is 11.4. The van der Waals surface area contributed by atoms with Gasteiger partial charge in [-0.2, -0.15) is 0 Å². The van der Waals surface area contributed by atoms with E-state index >= 15 is 0 Å². The zero-order valence-corrected chi connectivity index (χ0v) is 12.2. The molecule has 3 heteroatoms. The Morgan fingerprint density at radius 2 is 1.86 bits per heavy atom. The SMILES string of the molecule is Cc1cccc2ccc(C3=C(O)COc4ccccc43)nc12. The van der Waals surface area contributed by atoms with Crippen molar-refractivity contribution in [1.29, 1.82) is 0 Å². The van der Waals surface area contributed by atoms with Gasteiger partial charge in [0.15, 0.2) is 0 Å². The molecule has 3 nitrogen and oxygen atoms in total. The fourth-order valence-electron chi connectivity index (χ4n) is 2.89. The highest BCUT2D eigenvalue weighted by molar-refractivity contribution is 5.88. The first-order valence-electron chi connectivity index (χ1n) is 7.25. The number of rotatable bonds is 1. The Kier molecular flexibility index (Phi) is 2.86. The van der Waals surface area contributed by atoms with Crippen LogP contribution in [-0.4, -0.2) is 16.7 Å². The monoisotopic (exact) mass is 289 g/mol. The minimum atomic E-state index is 0.180. The lowest BCUT2D eigenvalue weighted by Crippen LogP contribution is -2.12. The lowest BCUT2D eigenvalue weighted by Gasteiger charge is -2.21. The first kappa shape index (κ1) is 12.9. The average molecular weight is 289 g/mol. The van der Waals surface area contributed by atoms with E-state index < -0.39 is 0 Å². The molecule has 0 fully saturated rings. The molecule has 108 valence electrons. The van der Waals surface area contributed by atoms with E-state index in [1.165, 1.54) is 0 Å². The number of aliphatic hydroxyl groups excluding tert-OH is 1. The third kappa shape index (κ3) is 1.94. The highest BCUT2D eigenvalue weighted by Crippen LogP contribution is 2.36. The molecule has 1 aliphatic rings. The second-order valence-corrected chi connectivity index (χ2v) is 5.45. The van der Waals surface area contributed by atoms with Crippen molar-refractivity contribution in [3.8, 4) is 5.75 Å². The van der Waals surface area contributed by atoms with Crippen LogP contribution in [0.25, 0.3) is 16.5 Å². The summed E-state index contributed by atoms with van der Waals surface area (Å²) in [6.45, 7) is 2.23. The number of para-hydroxylation sites is 2. The number of aliphatic hydroxyl groups is 1. The van der Waals surface area contributed by atoms with Gasteiger partial charge in [-0.1, -0.05) is 42.5 Å². The molecule has 2 aromatic carbocycles. The van der Waals surface area contributed by atoms with Crippen LogP contribution in [0.2, 0.25) is 0 Å². The smallest absolute Gasteiger partial charge is 0.146 e. The molecule has 22 heavy (non-hydrogen) atoms. The first-order chi connectivity index (χ1) is 10.7. The normalized spacial score (nSPS) is 13.9. The van der Waals surface area contributed by atoms with Crippen LogP contribution in [0.1, 0.15) is 16.8 Å². The lowest BCUT2D eigenvalue weighted by molar-refractivity contribution is 0.265. The van der Waals surface area contributed by atoms with Crippen LogP contribution in [0.5, 0.6) is 5.75 Å². The largest absolute Gasteiger partial charge is 0.508 e. The molecule has 0 spiro atoms. The Morgan fingerprint density at radius 1 is 1.00 bits per heavy atom. The van der Waals surface area contributed by atoms with Gasteiger partial charge in [0.05, 0.1) is 16.8 Å². The molecule has 0 atom stereocenters. The van der Waals surface area contributed by atoms with E-state index in [2.05, 4.69) is 0 Å². The van der Waals surface area contributed by atoms with Crippen molar-refractivity contribution in [2.45, 2.75) is 6.92 Å². The standard InChI is InChI=1S/C19H15NO2/c1-12-5-4-6-13-9-10-15(20-19(12)13)18-14-7-2-3-8-17(14)22-11-16(18)21/h2-10,21H,11H2,1H3. The molecule has 0 unspecified atom stereocenters. The molecule has 4 rings (SSSR count). The van der Waals surface area contributed by atoms with E-state index in [9.17, 15) is 5.11 Å². The number of nitrogens with zero attached hydrogens (tertiary/aromatic N) is 1. The lowest BCUT2D eigenvalue weighted by atomic mass is 9.97. The fraction of sp³-hybridized carbons (Fsp3) is 0.105. The minimum absolute atomic E-state index is 0.180. The number of ether oxygens (including phenoxy) is 1. The first-order valence-corrected chi connectivity index (χ1v) is 7.25. The summed E-state index contributed by atoms with van der Waals surface area (Å²) in [5.41, 5.74) is 4.50. The Balaban J connectivity index is 1.96. The molecule has 0 aliphatic carbocycles. The number of hydrogen-bond acceptors (Lipinski definition) is 3. The molecule has 1 N–H and O–H groups in total. The summed E-state index contributed by atoms with van der Waals surface area (Å²) in [4.78, 5) is 4.77. The number of aryl methyl sites for hydroxylation is 1. The summed E-state index contributed by atoms with van der Waals surface area (Å²) in [6.07, 6.45) is 0. The van der Waals surface area contributed by atoms with Crippen molar-refractivity contribution >= 4 is 16.5 Å².